The SMILES string of the molecule is C[Si](C)(C)CCOCn1nc(Nc2ccccc2)c(-c2cc(Cl)cc(NS(C)(=O)=O)c2)c1C(N)=O. The molecule has 0 aliphatic rings. The third-order valence-corrected chi connectivity index (χ3v) is 7.45. The quantitative estimate of drug-likeness (QED) is 0.240. The number of hydrogen-bond acceptors (Lipinski definition) is 6. The lowest BCUT2D eigenvalue weighted by Gasteiger charge is -2.15. The van der Waals surface area contributed by atoms with Gasteiger partial charge in [0, 0.05) is 25.4 Å². The van der Waals surface area contributed by atoms with Gasteiger partial charge in [-0.2, -0.15) is 5.10 Å². The van der Waals surface area contributed by atoms with Crippen molar-refractivity contribution in [2.45, 2.75) is 32.4 Å². The van der Waals surface area contributed by atoms with Crippen LogP contribution in [0.15, 0.2) is 48.5 Å². The summed E-state index contributed by atoms with van der Waals surface area (Å²) in [5, 5.41) is 8.07. The third kappa shape index (κ3) is 7.82. The Bertz CT molecular complexity index is 1310. The van der Waals surface area contributed by atoms with Crippen LogP contribution in [0, 0.1) is 0 Å². The molecule has 1 heterocycles. The van der Waals surface area contributed by atoms with E-state index < -0.39 is 24.0 Å². The summed E-state index contributed by atoms with van der Waals surface area (Å²) in [5.74, 6) is -0.355. The fraction of sp³-hybridized carbons (Fsp3) is 0.304. The zero-order valence-corrected chi connectivity index (χ0v) is 22.7. The van der Waals surface area contributed by atoms with Gasteiger partial charge in [-0.25, -0.2) is 13.1 Å². The molecule has 4 N–H and O–H groups in total. The number of anilines is 3. The number of nitrogens with two attached hydrogens (primary N) is 1. The van der Waals surface area contributed by atoms with E-state index in [2.05, 4.69) is 34.8 Å². The molecule has 0 unspecified atom stereocenters. The molecular weight excluding hydrogens is 506 g/mol. The summed E-state index contributed by atoms with van der Waals surface area (Å²) < 4.78 is 33.3. The van der Waals surface area contributed by atoms with Gasteiger partial charge < -0.3 is 15.8 Å². The van der Waals surface area contributed by atoms with E-state index in [4.69, 9.17) is 22.1 Å². The second-order valence-corrected chi connectivity index (χ2v) is 17.2. The molecule has 12 heteroatoms. The predicted molar refractivity (Wildman–Crippen MR) is 143 cm³/mol. The van der Waals surface area contributed by atoms with Gasteiger partial charge in [0.2, 0.25) is 10.0 Å². The van der Waals surface area contributed by atoms with E-state index in [9.17, 15) is 13.2 Å². The van der Waals surface area contributed by atoms with Gasteiger partial charge in [0.25, 0.3) is 5.91 Å². The van der Waals surface area contributed by atoms with Crippen LogP contribution >= 0.6 is 11.6 Å². The van der Waals surface area contributed by atoms with Crippen molar-refractivity contribution >= 4 is 52.8 Å². The molecule has 3 rings (SSSR count). The van der Waals surface area contributed by atoms with Gasteiger partial charge in [0.15, 0.2) is 5.82 Å². The number of ether oxygens (including phenoxy) is 1. The van der Waals surface area contributed by atoms with Crippen molar-refractivity contribution in [3.63, 3.8) is 0 Å². The number of carbonyl (C=O) groups is 1. The van der Waals surface area contributed by atoms with Crippen LogP contribution in [0.3, 0.4) is 0 Å². The summed E-state index contributed by atoms with van der Waals surface area (Å²) >= 11 is 6.31. The topological polar surface area (TPSA) is 128 Å². The standard InChI is InChI=1S/C23H30ClN5O4SSi/c1-34(31,32)28-19-13-16(12-17(24)14-19)20-21(22(25)30)29(15-33-10-11-35(2,3)4)27-23(20)26-18-8-6-5-7-9-18/h5-9,12-14,28H,10-11,15H2,1-4H3,(H2,25,30)(H,26,27). The summed E-state index contributed by atoms with van der Waals surface area (Å²) in [6.45, 7) is 7.31. The molecule has 9 nitrogen and oxygen atoms in total. The number of para-hydroxylation sites is 1. The molecule has 3 aromatic rings. The van der Waals surface area contributed by atoms with Gasteiger partial charge in [-0.3, -0.25) is 9.52 Å². The van der Waals surface area contributed by atoms with Gasteiger partial charge in [-0.15, -0.1) is 0 Å². The maximum Gasteiger partial charge on any atom is 0.267 e. The van der Waals surface area contributed by atoms with Crippen LogP contribution in [0.4, 0.5) is 17.2 Å². The summed E-state index contributed by atoms with van der Waals surface area (Å²) in [4.78, 5) is 12.6. The number of rotatable bonds is 11. The Morgan fingerprint density at radius 2 is 1.83 bits per heavy atom. The van der Waals surface area contributed by atoms with Crippen LogP contribution in [0.5, 0.6) is 0 Å². The molecule has 35 heavy (non-hydrogen) atoms. The second kappa shape index (κ2) is 10.8. The van der Waals surface area contributed by atoms with Gasteiger partial charge in [-0.1, -0.05) is 49.4 Å². The highest BCUT2D eigenvalue weighted by Gasteiger charge is 2.25. The zero-order valence-electron chi connectivity index (χ0n) is 20.1. The second-order valence-electron chi connectivity index (χ2n) is 9.38. The first-order valence-electron chi connectivity index (χ1n) is 10.9. The van der Waals surface area contributed by atoms with E-state index in [1.807, 2.05) is 30.3 Å². The van der Waals surface area contributed by atoms with Crippen molar-refractivity contribution < 1.29 is 17.9 Å². The van der Waals surface area contributed by atoms with E-state index in [1.54, 1.807) is 12.1 Å². The van der Waals surface area contributed by atoms with Gasteiger partial charge in [0.1, 0.15) is 12.4 Å². The Morgan fingerprint density at radius 1 is 1.14 bits per heavy atom. The van der Waals surface area contributed by atoms with Crippen molar-refractivity contribution in [1.29, 1.82) is 0 Å². The predicted octanol–water partition coefficient (Wildman–Crippen LogP) is 4.73. The minimum absolute atomic E-state index is 0.0290. The number of nitrogens with zero attached hydrogens (tertiary/aromatic N) is 2. The maximum atomic E-state index is 12.6. The molecule has 0 bridgehead atoms. The van der Waals surface area contributed by atoms with E-state index in [0.29, 0.717) is 23.6 Å². The number of nitrogens with one attached hydrogen (secondary N) is 2. The van der Waals surface area contributed by atoms with Crippen molar-refractivity contribution in [2.24, 2.45) is 5.73 Å². The lowest BCUT2D eigenvalue weighted by Crippen LogP contribution is -2.23. The Hall–Kier alpha value is -2.86. The summed E-state index contributed by atoms with van der Waals surface area (Å²) in [6.07, 6.45) is 1.04. The molecule has 2 aromatic carbocycles. The highest BCUT2D eigenvalue weighted by Crippen LogP contribution is 2.36. The summed E-state index contributed by atoms with van der Waals surface area (Å²) in [6, 6.07) is 14.9. The minimum Gasteiger partial charge on any atom is -0.364 e. The average Bonchev–Trinajstić information content (AvgIpc) is 3.08. The largest absolute Gasteiger partial charge is 0.364 e. The number of benzene rings is 2. The molecule has 0 aliphatic heterocycles. The van der Waals surface area contributed by atoms with E-state index in [-0.39, 0.29) is 23.1 Å². The Morgan fingerprint density at radius 3 is 2.43 bits per heavy atom. The van der Waals surface area contributed by atoms with Crippen LogP contribution in [0.1, 0.15) is 10.5 Å². The van der Waals surface area contributed by atoms with Crippen molar-refractivity contribution in [3.8, 4) is 11.1 Å². The molecular formula is C23H30ClN5O4SSi. The van der Waals surface area contributed by atoms with Crippen LogP contribution in [-0.4, -0.2) is 45.0 Å². The summed E-state index contributed by atoms with van der Waals surface area (Å²) in [7, 11) is -4.86. The van der Waals surface area contributed by atoms with Crippen LogP contribution in [0.2, 0.25) is 30.7 Å². The molecule has 0 radical (unpaired) electrons. The van der Waals surface area contributed by atoms with E-state index in [1.165, 1.54) is 10.7 Å². The third-order valence-electron chi connectivity index (χ3n) is 4.92. The monoisotopic (exact) mass is 535 g/mol. The van der Waals surface area contributed by atoms with Gasteiger partial charge in [0.05, 0.1) is 17.5 Å². The van der Waals surface area contributed by atoms with Crippen molar-refractivity contribution in [2.75, 3.05) is 22.9 Å². The Kier molecular flexibility index (Phi) is 8.26. The van der Waals surface area contributed by atoms with E-state index >= 15 is 0 Å². The molecule has 0 saturated carbocycles. The zero-order chi connectivity index (χ0) is 25.8. The Balaban J connectivity index is 2.10. The number of carbonyl (C=O) groups excluding carboxylic acids is 1. The van der Waals surface area contributed by atoms with Gasteiger partial charge in [-0.05, 0) is 41.9 Å². The highest BCUT2D eigenvalue weighted by atomic mass is 35.5. The number of primary amides is 1. The number of aromatic nitrogens is 2. The molecule has 0 spiro atoms. The number of amides is 1. The minimum atomic E-state index is -3.55. The first-order chi connectivity index (χ1) is 16.3. The first-order valence-corrected chi connectivity index (χ1v) is 16.9. The molecule has 0 atom stereocenters. The molecule has 0 fully saturated rings. The van der Waals surface area contributed by atoms with Crippen LogP contribution in [-0.2, 0) is 21.5 Å². The van der Waals surface area contributed by atoms with Crippen molar-refractivity contribution in [3.05, 3.63) is 59.2 Å². The smallest absolute Gasteiger partial charge is 0.267 e. The average molecular weight is 536 g/mol. The number of sulfonamides is 1. The molecule has 1 amide bonds. The number of halogens is 1. The maximum absolute atomic E-state index is 12.6. The number of hydrogen-bond donors (Lipinski definition) is 3. The van der Waals surface area contributed by atoms with Gasteiger partial charge >= 0.3 is 0 Å². The van der Waals surface area contributed by atoms with Crippen LogP contribution < -0.4 is 15.8 Å². The lowest BCUT2D eigenvalue weighted by molar-refractivity contribution is 0.0734. The normalized spacial score (nSPS) is 11.9. The highest BCUT2D eigenvalue weighted by molar-refractivity contribution is 7.92. The summed E-state index contributed by atoms with van der Waals surface area (Å²) in [5.41, 5.74) is 7.74. The van der Waals surface area contributed by atoms with Crippen LogP contribution in [0.25, 0.3) is 11.1 Å². The molecule has 188 valence electrons. The van der Waals surface area contributed by atoms with Crippen molar-refractivity contribution in [1.82, 2.24) is 9.78 Å². The fourth-order valence-corrected chi connectivity index (χ4v) is 4.90. The molecule has 0 aliphatic carbocycles. The first kappa shape index (κ1) is 26.7. The molecule has 1 aromatic heterocycles. The Labute approximate surface area is 211 Å². The fourth-order valence-electron chi connectivity index (χ4n) is 3.36. The lowest BCUT2D eigenvalue weighted by atomic mass is 10.0. The van der Waals surface area contributed by atoms with E-state index in [0.717, 1.165) is 18.0 Å². The molecule has 0 saturated heterocycles.